The monoisotopic (exact) mass is 507 g/mol. The Labute approximate surface area is 181 Å². The Morgan fingerprint density at radius 1 is 1.32 bits per heavy atom. The number of amides is 1. The number of ether oxygens (including phenoxy) is 2. The molecule has 0 aromatic heterocycles. The summed E-state index contributed by atoms with van der Waals surface area (Å²) in [4.78, 5) is 12.9. The number of benzene rings is 2. The fourth-order valence-corrected chi connectivity index (χ4v) is 3.58. The number of hydrazone groups is 1. The zero-order chi connectivity index (χ0) is 20.3. The van der Waals surface area contributed by atoms with E-state index in [1.807, 2.05) is 12.1 Å². The number of halogens is 2. The van der Waals surface area contributed by atoms with E-state index in [0.29, 0.717) is 33.5 Å². The van der Waals surface area contributed by atoms with Crippen molar-refractivity contribution in [1.29, 1.82) is 5.26 Å². The van der Waals surface area contributed by atoms with Crippen LogP contribution in [0.2, 0.25) is 5.02 Å². The van der Waals surface area contributed by atoms with Gasteiger partial charge in [0.15, 0.2) is 18.1 Å². The fraction of sp³-hybridized carbons (Fsp3) is 0.150. The number of nitriles is 1. The lowest BCUT2D eigenvalue weighted by atomic mass is 10.1. The molecular weight excluding hydrogens is 493 g/mol. The molecule has 2 aromatic carbocycles. The maximum absolute atomic E-state index is 12.9. The molecule has 1 aliphatic heterocycles. The normalized spacial score (nSPS) is 14.8. The van der Waals surface area contributed by atoms with Gasteiger partial charge in [-0.1, -0.05) is 11.6 Å². The van der Waals surface area contributed by atoms with Gasteiger partial charge >= 0.3 is 0 Å². The zero-order valence-electron chi connectivity index (χ0n) is 15.1. The van der Waals surface area contributed by atoms with Crippen LogP contribution in [0.1, 0.15) is 12.5 Å². The average molecular weight is 508 g/mol. The molecule has 0 spiro atoms. The number of nitrogens with zero attached hydrogens (tertiary/aromatic N) is 3. The summed E-state index contributed by atoms with van der Waals surface area (Å²) in [7, 11) is 1.53. The van der Waals surface area contributed by atoms with E-state index in [4.69, 9.17) is 26.3 Å². The van der Waals surface area contributed by atoms with Gasteiger partial charge in [0.05, 0.1) is 27.7 Å². The first-order valence-corrected chi connectivity index (χ1v) is 9.65. The van der Waals surface area contributed by atoms with Gasteiger partial charge in [0.25, 0.3) is 5.91 Å². The number of anilines is 1. The number of carbonyl (C=O) groups excluding carboxylic acids is 1. The Morgan fingerprint density at radius 3 is 2.68 bits per heavy atom. The highest BCUT2D eigenvalue weighted by Gasteiger charge is 2.28. The van der Waals surface area contributed by atoms with Gasteiger partial charge in [-0.05, 0) is 77.6 Å². The minimum atomic E-state index is -0.224. The van der Waals surface area contributed by atoms with Crippen LogP contribution in [0.5, 0.6) is 11.5 Å². The Balaban J connectivity index is 1.94. The van der Waals surface area contributed by atoms with Gasteiger partial charge < -0.3 is 9.47 Å². The van der Waals surface area contributed by atoms with E-state index in [2.05, 4.69) is 27.7 Å². The standard InChI is InChI=1S/C20H15ClIN3O3/c1-12-16(20(26)25(24-12)15-5-3-14(21)4-6-15)9-13-10-17(22)19(28-8-7-23)18(11-13)27-2/h3-6,9-11H,8H2,1-2H3/b16-9-. The number of hydrogen-bond acceptors (Lipinski definition) is 5. The Kier molecular flexibility index (Phi) is 6.21. The Morgan fingerprint density at radius 2 is 2.04 bits per heavy atom. The summed E-state index contributed by atoms with van der Waals surface area (Å²) in [6, 6.07) is 12.5. The minimum absolute atomic E-state index is 0.0763. The van der Waals surface area contributed by atoms with Crippen molar-refractivity contribution in [2.75, 3.05) is 18.7 Å². The molecule has 0 atom stereocenters. The summed E-state index contributed by atoms with van der Waals surface area (Å²) in [5.74, 6) is 0.764. The van der Waals surface area contributed by atoms with Crippen molar-refractivity contribution in [2.24, 2.45) is 5.10 Å². The van der Waals surface area contributed by atoms with Gasteiger partial charge in [-0.15, -0.1) is 0 Å². The minimum Gasteiger partial charge on any atom is -0.493 e. The fourth-order valence-electron chi connectivity index (χ4n) is 2.68. The second-order valence-corrected chi connectivity index (χ2v) is 7.42. The van der Waals surface area contributed by atoms with E-state index in [1.54, 1.807) is 43.3 Å². The quantitative estimate of drug-likeness (QED) is 0.436. The van der Waals surface area contributed by atoms with Crippen LogP contribution in [-0.4, -0.2) is 25.3 Å². The van der Waals surface area contributed by atoms with Crippen molar-refractivity contribution in [2.45, 2.75) is 6.92 Å². The molecule has 0 radical (unpaired) electrons. The van der Waals surface area contributed by atoms with Crippen molar-refractivity contribution in [3.8, 4) is 17.6 Å². The largest absolute Gasteiger partial charge is 0.493 e. The van der Waals surface area contributed by atoms with Gasteiger partial charge in [0, 0.05) is 5.02 Å². The van der Waals surface area contributed by atoms with E-state index in [0.717, 1.165) is 9.13 Å². The van der Waals surface area contributed by atoms with Crippen molar-refractivity contribution in [1.82, 2.24) is 0 Å². The van der Waals surface area contributed by atoms with Gasteiger partial charge in [-0.25, -0.2) is 0 Å². The molecule has 0 aliphatic carbocycles. The third-order valence-corrected chi connectivity index (χ3v) is 5.03. The van der Waals surface area contributed by atoms with Crippen LogP contribution in [-0.2, 0) is 4.79 Å². The average Bonchev–Trinajstić information content (AvgIpc) is 2.95. The molecule has 1 amide bonds. The van der Waals surface area contributed by atoms with Crippen molar-refractivity contribution in [3.05, 3.63) is 56.1 Å². The van der Waals surface area contributed by atoms with Crippen LogP contribution in [0, 0.1) is 14.9 Å². The van der Waals surface area contributed by atoms with E-state index in [-0.39, 0.29) is 12.5 Å². The van der Waals surface area contributed by atoms with Crippen LogP contribution < -0.4 is 14.5 Å². The Bertz CT molecular complexity index is 1030. The van der Waals surface area contributed by atoms with Crippen molar-refractivity contribution >= 4 is 57.6 Å². The molecule has 0 saturated heterocycles. The molecule has 0 saturated carbocycles. The second kappa shape index (κ2) is 8.63. The first kappa shape index (κ1) is 20.2. The highest BCUT2D eigenvalue weighted by atomic mass is 127. The summed E-state index contributed by atoms with van der Waals surface area (Å²) >= 11 is 8.02. The summed E-state index contributed by atoms with van der Waals surface area (Å²) in [6.07, 6.45) is 1.76. The van der Waals surface area contributed by atoms with E-state index >= 15 is 0 Å². The molecule has 2 aromatic rings. The molecule has 0 fully saturated rings. The number of rotatable bonds is 5. The number of carbonyl (C=O) groups is 1. The van der Waals surface area contributed by atoms with E-state index in [1.165, 1.54) is 12.1 Å². The number of hydrogen-bond donors (Lipinski definition) is 0. The predicted octanol–water partition coefficient (Wildman–Crippen LogP) is 4.66. The lowest BCUT2D eigenvalue weighted by molar-refractivity contribution is -0.114. The van der Waals surface area contributed by atoms with Crippen LogP contribution >= 0.6 is 34.2 Å². The smallest absolute Gasteiger partial charge is 0.280 e. The first-order chi connectivity index (χ1) is 13.4. The predicted molar refractivity (Wildman–Crippen MR) is 117 cm³/mol. The highest BCUT2D eigenvalue weighted by Crippen LogP contribution is 2.35. The summed E-state index contributed by atoms with van der Waals surface area (Å²) in [5, 5.41) is 15.0. The van der Waals surface area contributed by atoms with Crippen molar-refractivity contribution < 1.29 is 14.3 Å². The summed E-state index contributed by atoms with van der Waals surface area (Å²) in [5.41, 5.74) is 2.50. The van der Waals surface area contributed by atoms with E-state index in [9.17, 15) is 4.79 Å². The van der Waals surface area contributed by atoms with Gasteiger partial charge in [0.1, 0.15) is 6.07 Å². The second-order valence-electron chi connectivity index (χ2n) is 5.82. The molecular formula is C20H15ClIN3O3. The zero-order valence-corrected chi connectivity index (χ0v) is 18.0. The van der Waals surface area contributed by atoms with Crippen LogP contribution in [0.25, 0.3) is 6.08 Å². The maximum atomic E-state index is 12.9. The molecule has 1 aliphatic rings. The van der Waals surface area contributed by atoms with Crippen LogP contribution in [0.15, 0.2) is 47.1 Å². The Hall–Kier alpha value is -2.57. The van der Waals surface area contributed by atoms with E-state index < -0.39 is 0 Å². The molecule has 0 unspecified atom stereocenters. The van der Waals surface area contributed by atoms with Gasteiger partial charge in [-0.2, -0.15) is 15.4 Å². The third kappa shape index (κ3) is 4.13. The molecule has 1 heterocycles. The van der Waals surface area contributed by atoms with Crippen LogP contribution in [0.4, 0.5) is 5.69 Å². The molecule has 0 bridgehead atoms. The van der Waals surface area contributed by atoms with Gasteiger partial charge in [0.2, 0.25) is 0 Å². The maximum Gasteiger partial charge on any atom is 0.280 e. The first-order valence-electron chi connectivity index (χ1n) is 8.19. The molecule has 0 N–H and O–H groups in total. The van der Waals surface area contributed by atoms with Gasteiger partial charge in [-0.3, -0.25) is 4.79 Å². The SMILES string of the molecule is COc1cc(/C=C2\C(=O)N(c3ccc(Cl)cc3)N=C2C)cc(I)c1OCC#N. The lowest BCUT2D eigenvalue weighted by Gasteiger charge is -2.12. The number of methoxy groups -OCH3 is 1. The molecule has 28 heavy (non-hydrogen) atoms. The highest BCUT2D eigenvalue weighted by molar-refractivity contribution is 14.1. The van der Waals surface area contributed by atoms with Crippen LogP contribution in [0.3, 0.4) is 0 Å². The molecule has 8 heteroatoms. The lowest BCUT2D eigenvalue weighted by Crippen LogP contribution is -2.21. The summed E-state index contributed by atoms with van der Waals surface area (Å²) < 4.78 is 11.6. The third-order valence-electron chi connectivity index (χ3n) is 3.98. The molecule has 3 rings (SSSR count). The van der Waals surface area contributed by atoms with Crippen molar-refractivity contribution in [3.63, 3.8) is 0 Å². The topological polar surface area (TPSA) is 74.9 Å². The molecule has 6 nitrogen and oxygen atoms in total. The summed E-state index contributed by atoms with van der Waals surface area (Å²) in [6.45, 7) is 1.71. The molecule has 142 valence electrons.